The first-order chi connectivity index (χ1) is 4.70. The third-order valence-electron chi connectivity index (χ3n) is 1.02. The van der Waals surface area contributed by atoms with Crippen molar-refractivity contribution in [2.45, 2.75) is 0 Å². The summed E-state index contributed by atoms with van der Waals surface area (Å²) in [5.74, 6) is 0. The van der Waals surface area contributed by atoms with E-state index in [0.29, 0.717) is 0 Å². The first-order valence-corrected chi connectivity index (χ1v) is 19.1. The van der Waals surface area contributed by atoms with Crippen LogP contribution in [0, 0.1) is 0 Å². The van der Waals surface area contributed by atoms with E-state index in [1.54, 1.807) is 0 Å². The molecule has 0 unspecified atom stereocenters. The molecule has 0 heterocycles. The van der Waals surface area contributed by atoms with Crippen molar-refractivity contribution in [3.8, 4) is 0 Å². The van der Waals surface area contributed by atoms with Crippen LogP contribution in [0.5, 0.6) is 0 Å². The molecule has 0 amide bonds. The van der Waals surface area contributed by atoms with Crippen LogP contribution in [0.15, 0.2) is 24.3 Å². The van der Waals surface area contributed by atoms with Crippen molar-refractivity contribution in [2.24, 2.45) is 0 Å². The first-order valence-electron chi connectivity index (χ1n) is 2.57. The Labute approximate surface area is 91.8 Å². The Balaban J connectivity index is 2.89. The summed E-state index contributed by atoms with van der Waals surface area (Å²) in [7, 11) is 0. The zero-order valence-corrected chi connectivity index (χ0v) is 12.5. The SMILES string of the molecule is Clc1cc[c]([Sb]([I])[I])cc1. The maximum atomic E-state index is 5.73. The summed E-state index contributed by atoms with van der Waals surface area (Å²) >= 11 is 9.77. The Bertz CT molecular complexity index is 209. The molecule has 54 valence electrons. The molecule has 0 aliphatic heterocycles. The molecule has 0 fully saturated rings. The van der Waals surface area contributed by atoms with Gasteiger partial charge in [-0.05, 0) is 0 Å². The van der Waals surface area contributed by atoms with Gasteiger partial charge in [-0.15, -0.1) is 0 Å². The van der Waals surface area contributed by atoms with Gasteiger partial charge in [0.1, 0.15) is 0 Å². The van der Waals surface area contributed by atoms with Crippen LogP contribution in [0.1, 0.15) is 0 Å². The summed E-state index contributed by atoms with van der Waals surface area (Å²) in [6, 6.07) is 8.19. The quantitative estimate of drug-likeness (QED) is 0.423. The first kappa shape index (κ1) is 9.87. The Morgan fingerprint density at radius 1 is 1.10 bits per heavy atom. The molecule has 0 aromatic heterocycles. The third kappa shape index (κ3) is 3.03. The molecule has 0 aliphatic carbocycles. The van der Waals surface area contributed by atoms with Gasteiger partial charge in [0.05, 0.1) is 0 Å². The Morgan fingerprint density at radius 2 is 1.60 bits per heavy atom. The van der Waals surface area contributed by atoms with Gasteiger partial charge in [-0.25, -0.2) is 0 Å². The maximum absolute atomic E-state index is 5.73. The fourth-order valence-electron chi connectivity index (χ4n) is 0.554. The molecule has 0 N–H and O–H groups in total. The van der Waals surface area contributed by atoms with Crippen LogP contribution in [0.3, 0.4) is 0 Å². The zero-order chi connectivity index (χ0) is 7.56. The summed E-state index contributed by atoms with van der Waals surface area (Å²) < 4.78 is 1.49. The van der Waals surface area contributed by atoms with Crippen molar-refractivity contribution in [2.75, 3.05) is 0 Å². The van der Waals surface area contributed by atoms with Gasteiger partial charge in [0.15, 0.2) is 0 Å². The molecule has 10 heavy (non-hydrogen) atoms. The van der Waals surface area contributed by atoms with Gasteiger partial charge >= 0.3 is 93.6 Å². The molecule has 0 saturated heterocycles. The van der Waals surface area contributed by atoms with Gasteiger partial charge in [-0.1, -0.05) is 0 Å². The molecule has 1 aromatic carbocycles. The van der Waals surface area contributed by atoms with Crippen LogP contribution in [0.4, 0.5) is 0 Å². The van der Waals surface area contributed by atoms with Crippen molar-refractivity contribution in [3.63, 3.8) is 0 Å². The molecular weight excluding hydrogens is 483 g/mol. The van der Waals surface area contributed by atoms with E-state index in [9.17, 15) is 0 Å². The molecule has 0 atom stereocenters. The van der Waals surface area contributed by atoms with Gasteiger partial charge in [-0.3, -0.25) is 0 Å². The second kappa shape index (κ2) is 4.73. The molecule has 1 aromatic rings. The Kier molecular flexibility index (Phi) is 4.67. The summed E-state index contributed by atoms with van der Waals surface area (Å²) in [5.41, 5.74) is 0. The van der Waals surface area contributed by atoms with E-state index in [0.717, 1.165) is 5.02 Å². The summed E-state index contributed by atoms with van der Waals surface area (Å²) in [6.07, 6.45) is 0. The number of hydrogen-bond acceptors (Lipinski definition) is 0. The summed E-state index contributed by atoms with van der Waals surface area (Å²) in [4.78, 5) is 0. The van der Waals surface area contributed by atoms with Crippen LogP contribution in [0.25, 0.3) is 0 Å². The topological polar surface area (TPSA) is 0 Å². The van der Waals surface area contributed by atoms with Crippen LogP contribution in [-0.2, 0) is 0 Å². The summed E-state index contributed by atoms with van der Waals surface area (Å²) in [5, 5.41) is 0.832. The molecule has 0 spiro atoms. The molecule has 0 saturated carbocycles. The fraction of sp³-hybridized carbons (Fsp3) is 0. The van der Waals surface area contributed by atoms with E-state index >= 15 is 0 Å². The standard InChI is InChI=1S/C6H4Cl.2HI.Sb/c7-6-4-2-1-3-5-6;;;/h2-5H;2*1H;/q;;;+2/p-2. The third-order valence-corrected chi connectivity index (χ3v) is 10.7. The van der Waals surface area contributed by atoms with E-state index < -0.39 is 12.2 Å². The molecular formula is C6H4ClI2Sb. The second-order valence-corrected chi connectivity index (χ2v) is 30.3. The zero-order valence-electron chi connectivity index (χ0n) is 4.89. The molecule has 0 nitrogen and oxygen atoms in total. The molecule has 0 aliphatic rings. The van der Waals surface area contributed by atoms with E-state index in [4.69, 9.17) is 11.6 Å². The summed E-state index contributed by atoms with van der Waals surface area (Å²) in [6.45, 7) is 0. The van der Waals surface area contributed by atoms with Crippen LogP contribution in [-0.4, -0.2) is 12.2 Å². The normalized spacial score (nSPS) is 10.4. The van der Waals surface area contributed by atoms with Gasteiger partial charge < -0.3 is 0 Å². The van der Waals surface area contributed by atoms with Crippen LogP contribution in [0.2, 0.25) is 5.02 Å². The van der Waals surface area contributed by atoms with E-state index in [1.165, 1.54) is 3.51 Å². The Morgan fingerprint density at radius 3 is 2.00 bits per heavy atom. The second-order valence-electron chi connectivity index (χ2n) is 1.71. The van der Waals surface area contributed by atoms with Crippen molar-refractivity contribution in [3.05, 3.63) is 29.3 Å². The van der Waals surface area contributed by atoms with Gasteiger partial charge in [0.25, 0.3) is 0 Å². The molecule has 0 radical (unpaired) electrons. The van der Waals surface area contributed by atoms with Gasteiger partial charge in [-0.2, -0.15) is 0 Å². The number of rotatable bonds is 1. The minimum atomic E-state index is -1.05. The van der Waals surface area contributed by atoms with E-state index in [-0.39, 0.29) is 0 Å². The fourth-order valence-corrected chi connectivity index (χ4v) is 6.06. The predicted octanol–water partition coefficient (Wildman–Crippen LogP) is 2.91. The number of halogens is 3. The minimum absolute atomic E-state index is 0.832. The van der Waals surface area contributed by atoms with Crippen LogP contribution < -0.4 is 3.51 Å². The van der Waals surface area contributed by atoms with Crippen molar-refractivity contribution in [1.82, 2.24) is 0 Å². The van der Waals surface area contributed by atoms with Gasteiger partial charge in [0.2, 0.25) is 0 Å². The molecule has 4 heteroatoms. The van der Waals surface area contributed by atoms with Crippen molar-refractivity contribution in [1.29, 1.82) is 0 Å². The van der Waals surface area contributed by atoms with Crippen molar-refractivity contribution < 1.29 is 0 Å². The van der Waals surface area contributed by atoms with Crippen molar-refractivity contribution >= 4 is 64.3 Å². The predicted molar refractivity (Wildman–Crippen MR) is 64.9 cm³/mol. The number of hydrogen-bond donors (Lipinski definition) is 0. The average Bonchev–Trinajstić information content (AvgIpc) is 1.88. The van der Waals surface area contributed by atoms with E-state index in [1.807, 2.05) is 12.1 Å². The number of benzene rings is 1. The molecule has 0 bridgehead atoms. The molecule has 1 rings (SSSR count). The Hall–Kier alpha value is 1.79. The van der Waals surface area contributed by atoms with Crippen LogP contribution >= 0.6 is 48.6 Å². The average molecular weight is 487 g/mol. The van der Waals surface area contributed by atoms with E-state index in [2.05, 4.69) is 49.1 Å². The monoisotopic (exact) mass is 486 g/mol. The van der Waals surface area contributed by atoms with Gasteiger partial charge in [0, 0.05) is 0 Å².